The first-order valence-electron chi connectivity index (χ1n) is 8.55. The van der Waals surface area contributed by atoms with Crippen molar-refractivity contribution >= 4 is 30.7 Å². The van der Waals surface area contributed by atoms with E-state index in [2.05, 4.69) is 15.0 Å². The van der Waals surface area contributed by atoms with Gasteiger partial charge in [-0.3, -0.25) is 9.69 Å². The Hall–Kier alpha value is -0.890. The molecule has 2 atom stereocenters. The summed E-state index contributed by atoms with van der Waals surface area (Å²) in [6, 6.07) is 0. The molecular weight excluding hydrogens is 365 g/mol. The Morgan fingerprint density at radius 3 is 2.52 bits per heavy atom. The number of aromatic nitrogens is 2. The van der Waals surface area contributed by atoms with Crippen molar-refractivity contribution in [2.75, 3.05) is 26.2 Å². The van der Waals surface area contributed by atoms with Gasteiger partial charge in [0.25, 0.3) is 0 Å². The normalized spacial score (nSPS) is 27.3. The minimum Gasteiger partial charge on any atom is -0.340 e. The number of aryl methyl sites for hydroxylation is 1. The third-order valence-corrected chi connectivity index (χ3v) is 5.17. The van der Waals surface area contributed by atoms with Crippen LogP contribution in [0.25, 0.3) is 0 Å². The summed E-state index contributed by atoms with van der Waals surface area (Å²) in [7, 11) is 0. The number of piperazine rings is 1. The number of carbonyl (C=O) groups is 1. The fourth-order valence-corrected chi connectivity index (χ4v) is 3.72. The fourth-order valence-electron chi connectivity index (χ4n) is 3.72. The lowest BCUT2D eigenvalue weighted by atomic mass is 9.74. The molecule has 0 radical (unpaired) electrons. The molecule has 1 aromatic rings. The second-order valence-corrected chi connectivity index (χ2v) is 7.14. The molecule has 2 aliphatic rings. The van der Waals surface area contributed by atoms with E-state index in [1.165, 1.54) is 0 Å². The molecule has 0 spiro atoms. The summed E-state index contributed by atoms with van der Waals surface area (Å²) in [5.41, 5.74) is 6.02. The van der Waals surface area contributed by atoms with Crippen LogP contribution in [0.3, 0.4) is 0 Å². The number of carbonyl (C=O) groups excluding carboxylic acids is 1. The third kappa shape index (κ3) is 5.29. The molecule has 144 valence electrons. The molecule has 1 saturated heterocycles. The zero-order valence-corrected chi connectivity index (χ0v) is 16.6. The summed E-state index contributed by atoms with van der Waals surface area (Å²) >= 11 is 0. The van der Waals surface area contributed by atoms with Gasteiger partial charge in [0.05, 0.1) is 12.5 Å². The molecule has 1 amide bonds. The predicted octanol–water partition coefficient (Wildman–Crippen LogP) is 1.77. The van der Waals surface area contributed by atoms with Crippen LogP contribution in [0.2, 0.25) is 0 Å². The maximum Gasteiger partial charge on any atom is 0.227 e. The van der Waals surface area contributed by atoms with Crippen molar-refractivity contribution in [2.24, 2.45) is 11.7 Å². The molecule has 2 fully saturated rings. The lowest BCUT2D eigenvalue weighted by Gasteiger charge is -2.42. The number of amides is 1. The molecule has 2 N–H and O–H groups in total. The number of halogens is 2. The van der Waals surface area contributed by atoms with Gasteiger partial charge in [0.2, 0.25) is 11.8 Å². The molecule has 7 nitrogen and oxygen atoms in total. The van der Waals surface area contributed by atoms with Crippen LogP contribution in [0.5, 0.6) is 0 Å². The SMILES string of the molecule is Cc1nc(CN2CCN(C(=O)C3CCCCC3(C)N)CC2)no1.Cl.Cl. The minimum absolute atomic E-state index is 0. The summed E-state index contributed by atoms with van der Waals surface area (Å²) in [5, 5.41) is 3.93. The maximum atomic E-state index is 12.8. The highest BCUT2D eigenvalue weighted by atomic mass is 35.5. The molecule has 1 aliphatic carbocycles. The number of rotatable bonds is 3. The zero-order chi connectivity index (χ0) is 16.4. The van der Waals surface area contributed by atoms with Gasteiger partial charge in [-0.05, 0) is 19.8 Å². The molecule has 0 aromatic carbocycles. The summed E-state index contributed by atoms with van der Waals surface area (Å²) in [4.78, 5) is 21.3. The Morgan fingerprint density at radius 1 is 1.28 bits per heavy atom. The lowest BCUT2D eigenvalue weighted by Crippen LogP contribution is -2.57. The van der Waals surface area contributed by atoms with Gasteiger partial charge in [0, 0.05) is 38.6 Å². The Morgan fingerprint density at radius 2 is 1.96 bits per heavy atom. The highest BCUT2D eigenvalue weighted by Crippen LogP contribution is 2.33. The zero-order valence-electron chi connectivity index (χ0n) is 14.9. The summed E-state index contributed by atoms with van der Waals surface area (Å²) in [6.07, 6.45) is 4.11. The van der Waals surface area contributed by atoms with Gasteiger partial charge in [-0.1, -0.05) is 18.0 Å². The van der Waals surface area contributed by atoms with E-state index in [0.29, 0.717) is 18.3 Å². The van der Waals surface area contributed by atoms with E-state index in [-0.39, 0.29) is 42.2 Å². The molecular formula is C16H29Cl2N5O2. The topological polar surface area (TPSA) is 88.5 Å². The van der Waals surface area contributed by atoms with Crippen LogP contribution >= 0.6 is 24.8 Å². The fraction of sp³-hybridized carbons (Fsp3) is 0.812. The first-order valence-corrected chi connectivity index (χ1v) is 8.55. The van der Waals surface area contributed by atoms with Gasteiger partial charge in [0.1, 0.15) is 0 Å². The van der Waals surface area contributed by atoms with Crippen molar-refractivity contribution in [3.63, 3.8) is 0 Å². The van der Waals surface area contributed by atoms with Gasteiger partial charge in [0.15, 0.2) is 5.82 Å². The third-order valence-electron chi connectivity index (χ3n) is 5.17. The maximum absolute atomic E-state index is 12.8. The predicted molar refractivity (Wildman–Crippen MR) is 99.9 cm³/mol. The molecule has 9 heteroatoms. The molecule has 1 aliphatic heterocycles. The Bertz CT molecular complexity index is 558. The monoisotopic (exact) mass is 393 g/mol. The smallest absolute Gasteiger partial charge is 0.227 e. The summed E-state index contributed by atoms with van der Waals surface area (Å²) in [5.74, 6) is 1.52. The number of nitrogens with two attached hydrogens (primary N) is 1. The second kappa shape index (κ2) is 9.16. The molecule has 1 saturated carbocycles. The number of hydrogen-bond acceptors (Lipinski definition) is 6. The van der Waals surface area contributed by atoms with E-state index in [4.69, 9.17) is 10.3 Å². The van der Waals surface area contributed by atoms with Crippen LogP contribution < -0.4 is 5.73 Å². The molecule has 25 heavy (non-hydrogen) atoms. The van der Waals surface area contributed by atoms with Crippen molar-refractivity contribution < 1.29 is 9.32 Å². The van der Waals surface area contributed by atoms with Gasteiger partial charge in [-0.2, -0.15) is 4.98 Å². The number of nitrogens with zero attached hydrogens (tertiary/aromatic N) is 4. The van der Waals surface area contributed by atoms with E-state index in [1.54, 1.807) is 6.92 Å². The lowest BCUT2D eigenvalue weighted by molar-refractivity contribution is -0.140. The second-order valence-electron chi connectivity index (χ2n) is 7.14. The van der Waals surface area contributed by atoms with Crippen LogP contribution in [-0.2, 0) is 11.3 Å². The van der Waals surface area contributed by atoms with E-state index >= 15 is 0 Å². The van der Waals surface area contributed by atoms with Crippen molar-refractivity contribution in [1.82, 2.24) is 19.9 Å². The first-order chi connectivity index (χ1) is 11.0. The van der Waals surface area contributed by atoms with Crippen molar-refractivity contribution in [3.05, 3.63) is 11.7 Å². The van der Waals surface area contributed by atoms with Gasteiger partial charge >= 0.3 is 0 Å². The molecule has 3 rings (SSSR count). The summed E-state index contributed by atoms with van der Waals surface area (Å²) < 4.78 is 5.00. The molecule has 0 bridgehead atoms. The molecule has 2 heterocycles. The Labute approximate surface area is 161 Å². The average Bonchev–Trinajstić information content (AvgIpc) is 2.92. The van der Waals surface area contributed by atoms with Crippen molar-refractivity contribution in [2.45, 2.75) is 51.6 Å². The van der Waals surface area contributed by atoms with Crippen molar-refractivity contribution in [3.8, 4) is 0 Å². The van der Waals surface area contributed by atoms with Crippen LogP contribution in [0.1, 0.15) is 44.3 Å². The van der Waals surface area contributed by atoms with Crippen LogP contribution in [0.4, 0.5) is 0 Å². The number of hydrogen-bond donors (Lipinski definition) is 1. The van der Waals surface area contributed by atoms with E-state index in [9.17, 15) is 4.79 Å². The van der Waals surface area contributed by atoms with Crippen LogP contribution in [0, 0.1) is 12.8 Å². The molecule has 1 aromatic heterocycles. The highest BCUT2D eigenvalue weighted by molar-refractivity contribution is 5.85. The van der Waals surface area contributed by atoms with Crippen LogP contribution in [-0.4, -0.2) is 57.6 Å². The summed E-state index contributed by atoms with van der Waals surface area (Å²) in [6.45, 7) is 7.69. The average molecular weight is 394 g/mol. The molecule has 2 unspecified atom stereocenters. The van der Waals surface area contributed by atoms with Gasteiger partial charge < -0.3 is 15.2 Å². The first kappa shape index (κ1) is 22.2. The van der Waals surface area contributed by atoms with E-state index in [1.807, 2.05) is 11.8 Å². The Balaban J connectivity index is 0.00000156. The van der Waals surface area contributed by atoms with Gasteiger partial charge in [-0.25, -0.2) is 0 Å². The van der Waals surface area contributed by atoms with E-state index in [0.717, 1.165) is 51.9 Å². The Kier molecular flexibility index (Phi) is 8.12. The minimum atomic E-state index is -0.353. The van der Waals surface area contributed by atoms with Gasteiger partial charge in [-0.15, -0.1) is 24.8 Å². The standard InChI is InChI=1S/C16H27N5O2.2ClH/c1-12-18-14(19-23-12)11-20-7-9-21(10-8-20)15(22)13-5-3-4-6-16(13,2)17;;/h13H,3-11,17H2,1-2H3;2*1H. The van der Waals surface area contributed by atoms with Crippen molar-refractivity contribution in [1.29, 1.82) is 0 Å². The largest absolute Gasteiger partial charge is 0.340 e. The highest BCUT2D eigenvalue weighted by Gasteiger charge is 2.40. The quantitative estimate of drug-likeness (QED) is 0.841. The van der Waals surface area contributed by atoms with E-state index < -0.39 is 0 Å². The van der Waals surface area contributed by atoms with Crippen LogP contribution in [0.15, 0.2) is 4.52 Å².